The number of rotatable bonds is 0. The van der Waals surface area contributed by atoms with E-state index in [1.807, 2.05) is 0 Å². The molecular formula is C6H6BrN3O2. The first kappa shape index (κ1) is 7.75. The van der Waals surface area contributed by atoms with Crippen molar-refractivity contribution in [3.8, 4) is 0 Å². The standard InChI is InChI=1S/C6H6BrN3O2/c7-3-1-9-10-4(11)2-8-6(12)5(3)10/h1,4,11H,2H2,(H,8,12). The van der Waals surface area contributed by atoms with Gasteiger partial charge in [0.15, 0.2) is 6.23 Å². The highest BCUT2D eigenvalue weighted by Gasteiger charge is 2.26. The predicted octanol–water partition coefficient (Wildman–Crippen LogP) is -0.120. The third-order valence-electron chi connectivity index (χ3n) is 1.69. The monoisotopic (exact) mass is 231 g/mol. The number of aliphatic hydroxyl groups excluding tert-OH is 1. The van der Waals surface area contributed by atoms with Gasteiger partial charge in [0.1, 0.15) is 5.69 Å². The number of aromatic nitrogens is 2. The van der Waals surface area contributed by atoms with Crippen LogP contribution in [0.4, 0.5) is 0 Å². The molecule has 5 nitrogen and oxygen atoms in total. The lowest BCUT2D eigenvalue weighted by atomic mass is 10.3. The lowest BCUT2D eigenvalue weighted by Crippen LogP contribution is -2.39. The second-order valence-corrected chi connectivity index (χ2v) is 3.33. The van der Waals surface area contributed by atoms with Crippen LogP contribution in [0.3, 0.4) is 0 Å². The summed E-state index contributed by atoms with van der Waals surface area (Å²) in [5, 5.41) is 15.7. The summed E-state index contributed by atoms with van der Waals surface area (Å²) in [5.74, 6) is -0.218. The van der Waals surface area contributed by atoms with Crippen molar-refractivity contribution in [3.63, 3.8) is 0 Å². The number of halogens is 1. The first-order chi connectivity index (χ1) is 5.70. The number of aliphatic hydroxyl groups is 1. The lowest BCUT2D eigenvalue weighted by molar-refractivity contribution is 0.0591. The van der Waals surface area contributed by atoms with Gasteiger partial charge < -0.3 is 10.4 Å². The Balaban J connectivity index is 2.57. The van der Waals surface area contributed by atoms with Crippen LogP contribution < -0.4 is 5.32 Å². The molecule has 0 aromatic carbocycles. The Morgan fingerprint density at radius 2 is 2.58 bits per heavy atom. The zero-order chi connectivity index (χ0) is 8.72. The van der Waals surface area contributed by atoms with E-state index in [0.717, 1.165) is 0 Å². The fourth-order valence-electron chi connectivity index (χ4n) is 1.13. The molecule has 6 heteroatoms. The number of β-amino-alcohol motifs (C(OH)–C–C–N with tert-alkyl or cyclic N) is 1. The molecule has 1 aromatic heterocycles. The van der Waals surface area contributed by atoms with Gasteiger partial charge in [-0.15, -0.1) is 0 Å². The molecule has 1 unspecified atom stereocenters. The largest absolute Gasteiger partial charge is 0.370 e. The van der Waals surface area contributed by atoms with Gasteiger partial charge >= 0.3 is 0 Å². The van der Waals surface area contributed by atoms with Gasteiger partial charge in [-0.25, -0.2) is 4.68 Å². The molecule has 0 saturated carbocycles. The van der Waals surface area contributed by atoms with Crippen LogP contribution in [0.5, 0.6) is 0 Å². The van der Waals surface area contributed by atoms with E-state index in [4.69, 9.17) is 0 Å². The average molecular weight is 232 g/mol. The van der Waals surface area contributed by atoms with Crippen molar-refractivity contribution in [2.75, 3.05) is 6.54 Å². The Morgan fingerprint density at radius 1 is 1.83 bits per heavy atom. The van der Waals surface area contributed by atoms with Gasteiger partial charge in [-0.05, 0) is 15.9 Å². The number of hydrogen-bond donors (Lipinski definition) is 2. The normalized spacial score (nSPS) is 21.8. The molecule has 64 valence electrons. The first-order valence-electron chi connectivity index (χ1n) is 3.39. The highest BCUT2D eigenvalue weighted by atomic mass is 79.9. The zero-order valence-corrected chi connectivity index (χ0v) is 7.58. The SMILES string of the molecule is O=C1NCC(O)n2ncc(Br)c21. The quantitative estimate of drug-likeness (QED) is 0.655. The predicted molar refractivity (Wildman–Crippen MR) is 43.5 cm³/mol. The maximum absolute atomic E-state index is 11.2. The third-order valence-corrected chi connectivity index (χ3v) is 2.27. The molecular weight excluding hydrogens is 226 g/mol. The molecule has 0 saturated heterocycles. The summed E-state index contributed by atoms with van der Waals surface area (Å²) in [6.07, 6.45) is 0.729. The summed E-state index contributed by atoms with van der Waals surface area (Å²) in [7, 11) is 0. The molecule has 0 radical (unpaired) electrons. The molecule has 2 N–H and O–H groups in total. The molecule has 1 aliphatic rings. The summed E-state index contributed by atoms with van der Waals surface area (Å²) in [6, 6.07) is 0. The van der Waals surface area contributed by atoms with E-state index >= 15 is 0 Å². The van der Waals surface area contributed by atoms with Crippen molar-refractivity contribution in [2.45, 2.75) is 6.23 Å². The Labute approximate surface area is 76.5 Å². The number of carbonyl (C=O) groups excluding carboxylic acids is 1. The Hall–Kier alpha value is -0.880. The van der Waals surface area contributed by atoms with Crippen LogP contribution in [0.1, 0.15) is 16.7 Å². The molecule has 0 bridgehead atoms. The van der Waals surface area contributed by atoms with Crippen LogP contribution in [0, 0.1) is 0 Å². The van der Waals surface area contributed by atoms with Gasteiger partial charge in [-0.2, -0.15) is 5.10 Å². The van der Waals surface area contributed by atoms with E-state index in [0.29, 0.717) is 10.2 Å². The summed E-state index contributed by atoms with van der Waals surface area (Å²) < 4.78 is 1.89. The number of carbonyl (C=O) groups is 1. The third kappa shape index (κ3) is 0.953. The van der Waals surface area contributed by atoms with Crippen molar-refractivity contribution >= 4 is 21.8 Å². The van der Waals surface area contributed by atoms with Gasteiger partial charge in [0.2, 0.25) is 0 Å². The fraction of sp³-hybridized carbons (Fsp3) is 0.333. The summed E-state index contributed by atoms with van der Waals surface area (Å²) in [6.45, 7) is 0.208. The maximum Gasteiger partial charge on any atom is 0.271 e. The zero-order valence-electron chi connectivity index (χ0n) is 5.99. The minimum absolute atomic E-state index is 0.208. The fourth-order valence-corrected chi connectivity index (χ4v) is 1.59. The van der Waals surface area contributed by atoms with E-state index < -0.39 is 6.23 Å². The number of nitrogens with zero attached hydrogens (tertiary/aromatic N) is 2. The van der Waals surface area contributed by atoms with Crippen molar-refractivity contribution in [1.29, 1.82) is 0 Å². The molecule has 0 aliphatic carbocycles. The van der Waals surface area contributed by atoms with Gasteiger partial charge in [0, 0.05) is 0 Å². The number of fused-ring (bicyclic) bond motifs is 1. The van der Waals surface area contributed by atoms with Crippen molar-refractivity contribution < 1.29 is 9.90 Å². The molecule has 12 heavy (non-hydrogen) atoms. The number of hydrogen-bond acceptors (Lipinski definition) is 3. The second kappa shape index (κ2) is 2.56. The number of nitrogens with one attached hydrogen (secondary N) is 1. The lowest BCUT2D eigenvalue weighted by Gasteiger charge is -2.20. The molecule has 2 rings (SSSR count). The highest BCUT2D eigenvalue weighted by Crippen LogP contribution is 2.20. The minimum atomic E-state index is -0.760. The van der Waals surface area contributed by atoms with Crippen LogP contribution in [0.15, 0.2) is 10.7 Å². The summed E-state index contributed by atoms with van der Waals surface area (Å²) in [5.41, 5.74) is 0.369. The summed E-state index contributed by atoms with van der Waals surface area (Å²) >= 11 is 3.16. The van der Waals surface area contributed by atoms with Gasteiger partial charge in [-0.3, -0.25) is 4.79 Å². The van der Waals surface area contributed by atoms with E-state index in [-0.39, 0.29) is 12.5 Å². The van der Waals surface area contributed by atoms with Crippen molar-refractivity contribution in [3.05, 3.63) is 16.4 Å². The first-order valence-corrected chi connectivity index (χ1v) is 4.18. The van der Waals surface area contributed by atoms with E-state index in [1.165, 1.54) is 10.9 Å². The van der Waals surface area contributed by atoms with Crippen LogP contribution in [0.25, 0.3) is 0 Å². The topological polar surface area (TPSA) is 67.2 Å². The molecule has 0 spiro atoms. The molecule has 1 aliphatic heterocycles. The van der Waals surface area contributed by atoms with Gasteiger partial charge in [0.25, 0.3) is 5.91 Å². The number of amides is 1. The van der Waals surface area contributed by atoms with E-state index in [2.05, 4.69) is 26.3 Å². The van der Waals surface area contributed by atoms with Gasteiger partial charge in [-0.1, -0.05) is 0 Å². The molecule has 0 fully saturated rings. The Morgan fingerprint density at radius 3 is 3.25 bits per heavy atom. The Kier molecular flexibility index (Phi) is 1.66. The highest BCUT2D eigenvalue weighted by molar-refractivity contribution is 9.10. The van der Waals surface area contributed by atoms with Crippen LogP contribution in [-0.4, -0.2) is 27.3 Å². The second-order valence-electron chi connectivity index (χ2n) is 2.48. The van der Waals surface area contributed by atoms with Gasteiger partial charge in [0.05, 0.1) is 17.2 Å². The summed E-state index contributed by atoms with van der Waals surface area (Å²) in [4.78, 5) is 11.2. The van der Waals surface area contributed by atoms with Crippen molar-refractivity contribution in [1.82, 2.24) is 15.1 Å². The van der Waals surface area contributed by atoms with Crippen molar-refractivity contribution in [2.24, 2.45) is 0 Å². The average Bonchev–Trinajstić information content (AvgIpc) is 2.42. The molecule has 1 atom stereocenters. The Bertz CT molecular complexity index is 336. The van der Waals surface area contributed by atoms with E-state index in [9.17, 15) is 9.90 Å². The van der Waals surface area contributed by atoms with Crippen LogP contribution in [-0.2, 0) is 0 Å². The maximum atomic E-state index is 11.2. The van der Waals surface area contributed by atoms with Crippen LogP contribution in [0.2, 0.25) is 0 Å². The molecule has 1 amide bonds. The molecule has 1 aromatic rings. The molecule has 2 heterocycles. The smallest absolute Gasteiger partial charge is 0.271 e. The van der Waals surface area contributed by atoms with Crippen LogP contribution >= 0.6 is 15.9 Å². The minimum Gasteiger partial charge on any atom is -0.370 e. The van der Waals surface area contributed by atoms with E-state index in [1.54, 1.807) is 0 Å².